The van der Waals surface area contributed by atoms with Crippen molar-refractivity contribution in [2.24, 2.45) is 0 Å². The van der Waals surface area contributed by atoms with Crippen molar-refractivity contribution in [3.63, 3.8) is 0 Å². The summed E-state index contributed by atoms with van der Waals surface area (Å²) in [6, 6.07) is 18.1. The molecule has 0 saturated carbocycles. The zero-order chi connectivity index (χ0) is 21.7. The van der Waals surface area contributed by atoms with E-state index in [0.29, 0.717) is 11.2 Å². The molecule has 0 radical (unpaired) electrons. The van der Waals surface area contributed by atoms with Crippen molar-refractivity contribution in [3.05, 3.63) is 71.9 Å². The number of carbonyl (C=O) groups excluding carboxylic acids is 3. The van der Waals surface area contributed by atoms with Gasteiger partial charge in [0.2, 0.25) is 5.91 Å². The molecular formula is C23H23N3O4. The van der Waals surface area contributed by atoms with Gasteiger partial charge in [0.15, 0.2) is 6.10 Å². The minimum absolute atomic E-state index is 0.119. The Balaban J connectivity index is 1.56. The molecule has 2 amide bonds. The van der Waals surface area contributed by atoms with E-state index in [1.165, 1.54) is 18.9 Å². The lowest BCUT2D eigenvalue weighted by atomic mass is 10.2. The maximum atomic E-state index is 12.5. The summed E-state index contributed by atoms with van der Waals surface area (Å²) < 4.78 is 5.26. The molecule has 0 fully saturated rings. The average molecular weight is 405 g/mol. The fourth-order valence-corrected chi connectivity index (χ4v) is 2.89. The van der Waals surface area contributed by atoms with Crippen LogP contribution in [0.1, 0.15) is 23.0 Å². The maximum absolute atomic E-state index is 12.5. The summed E-state index contributed by atoms with van der Waals surface area (Å²) in [6.45, 7) is 3.26. The van der Waals surface area contributed by atoms with E-state index in [2.05, 4.69) is 10.3 Å². The lowest BCUT2D eigenvalue weighted by Gasteiger charge is -2.21. The Hall–Kier alpha value is -3.74. The number of pyridine rings is 1. The van der Waals surface area contributed by atoms with E-state index in [4.69, 9.17) is 4.74 Å². The van der Waals surface area contributed by atoms with Gasteiger partial charge in [-0.2, -0.15) is 0 Å². The zero-order valence-electron chi connectivity index (χ0n) is 17.1. The minimum atomic E-state index is -1.05. The highest BCUT2D eigenvalue weighted by molar-refractivity contribution is 5.96. The number of fused-ring (bicyclic) bond motifs is 1. The van der Waals surface area contributed by atoms with E-state index in [1.807, 2.05) is 37.3 Å². The number of aromatic nitrogens is 1. The molecule has 1 aromatic heterocycles. The van der Waals surface area contributed by atoms with Crippen LogP contribution in [0.5, 0.6) is 0 Å². The van der Waals surface area contributed by atoms with Crippen molar-refractivity contribution < 1.29 is 19.1 Å². The third-order valence-electron chi connectivity index (χ3n) is 4.53. The Morgan fingerprint density at radius 1 is 1.03 bits per heavy atom. The minimum Gasteiger partial charge on any atom is -0.448 e. The van der Waals surface area contributed by atoms with E-state index >= 15 is 0 Å². The quantitative estimate of drug-likeness (QED) is 0.637. The van der Waals surface area contributed by atoms with E-state index in [0.717, 1.165) is 10.9 Å². The van der Waals surface area contributed by atoms with Crippen LogP contribution in [0.15, 0.2) is 60.7 Å². The molecule has 0 saturated heterocycles. The summed E-state index contributed by atoms with van der Waals surface area (Å²) in [5, 5.41) is 3.63. The number of rotatable bonds is 6. The number of para-hydroxylation sites is 1. The van der Waals surface area contributed by atoms with Gasteiger partial charge in [-0.05, 0) is 38.1 Å². The fourth-order valence-electron chi connectivity index (χ4n) is 2.89. The van der Waals surface area contributed by atoms with Crippen molar-refractivity contribution in [2.75, 3.05) is 18.9 Å². The van der Waals surface area contributed by atoms with Crippen LogP contribution in [0.25, 0.3) is 10.9 Å². The summed E-state index contributed by atoms with van der Waals surface area (Å²) in [5.41, 5.74) is 2.51. The molecule has 3 rings (SSSR count). The normalized spacial score (nSPS) is 11.6. The third kappa shape index (κ3) is 5.20. The Kier molecular flexibility index (Phi) is 6.41. The van der Waals surface area contributed by atoms with Gasteiger partial charge < -0.3 is 15.0 Å². The monoisotopic (exact) mass is 405 g/mol. The largest absolute Gasteiger partial charge is 0.448 e. The predicted molar refractivity (Wildman–Crippen MR) is 114 cm³/mol. The highest BCUT2D eigenvalue weighted by atomic mass is 16.5. The van der Waals surface area contributed by atoms with E-state index in [-0.39, 0.29) is 18.1 Å². The zero-order valence-corrected chi connectivity index (χ0v) is 17.1. The number of ether oxygens (including phenoxy) is 1. The summed E-state index contributed by atoms with van der Waals surface area (Å²) in [7, 11) is 1.48. The lowest BCUT2D eigenvalue weighted by Crippen LogP contribution is -2.41. The molecule has 0 aliphatic carbocycles. The first kappa shape index (κ1) is 21.0. The summed E-state index contributed by atoms with van der Waals surface area (Å²) in [5.74, 6) is -1.52. The highest BCUT2D eigenvalue weighted by Gasteiger charge is 2.24. The fraction of sp³-hybridized carbons (Fsp3) is 0.217. The Labute approximate surface area is 174 Å². The standard InChI is InChI=1S/C23H23N3O4/c1-15-8-11-18(12-9-15)24-21(27)14-26(3)22(28)16(2)30-23(29)20-13-10-17-6-4-5-7-19(17)25-20/h4-13,16H,14H2,1-3H3,(H,24,27)/t16-/m1/s1. The molecule has 0 unspecified atom stereocenters. The number of nitrogens with one attached hydrogen (secondary N) is 1. The molecule has 0 spiro atoms. The first-order chi connectivity index (χ1) is 14.3. The predicted octanol–water partition coefficient (Wildman–Crippen LogP) is 3.19. The number of aryl methyl sites for hydroxylation is 1. The van der Waals surface area contributed by atoms with Crippen LogP contribution in [0.3, 0.4) is 0 Å². The van der Waals surface area contributed by atoms with Crippen molar-refractivity contribution in [2.45, 2.75) is 20.0 Å². The molecule has 154 valence electrons. The van der Waals surface area contributed by atoms with Crippen molar-refractivity contribution in [1.29, 1.82) is 0 Å². The number of benzene rings is 2. The van der Waals surface area contributed by atoms with Crippen LogP contribution in [0, 0.1) is 6.92 Å². The number of hydrogen-bond donors (Lipinski definition) is 1. The summed E-state index contributed by atoms with van der Waals surface area (Å²) >= 11 is 0. The maximum Gasteiger partial charge on any atom is 0.357 e. The van der Waals surface area contributed by atoms with E-state index in [1.54, 1.807) is 30.3 Å². The average Bonchev–Trinajstić information content (AvgIpc) is 2.74. The number of likely N-dealkylation sites (N-methyl/N-ethyl adjacent to an activating group) is 1. The van der Waals surface area contributed by atoms with E-state index in [9.17, 15) is 14.4 Å². The van der Waals surface area contributed by atoms with Gasteiger partial charge in [-0.15, -0.1) is 0 Å². The molecule has 1 N–H and O–H groups in total. The molecule has 1 atom stereocenters. The first-order valence-electron chi connectivity index (χ1n) is 9.52. The van der Waals surface area contributed by atoms with Crippen LogP contribution in [0.2, 0.25) is 0 Å². The second kappa shape index (κ2) is 9.17. The molecule has 1 heterocycles. The Morgan fingerprint density at radius 3 is 2.47 bits per heavy atom. The number of amides is 2. The topological polar surface area (TPSA) is 88.6 Å². The molecular weight excluding hydrogens is 382 g/mol. The Morgan fingerprint density at radius 2 is 1.73 bits per heavy atom. The van der Waals surface area contributed by atoms with Gasteiger partial charge in [0, 0.05) is 18.1 Å². The van der Waals surface area contributed by atoms with Crippen molar-refractivity contribution in [1.82, 2.24) is 9.88 Å². The van der Waals surface area contributed by atoms with Gasteiger partial charge in [0.1, 0.15) is 5.69 Å². The van der Waals surface area contributed by atoms with Crippen LogP contribution in [0.4, 0.5) is 5.69 Å². The highest BCUT2D eigenvalue weighted by Crippen LogP contribution is 2.13. The molecule has 0 bridgehead atoms. The number of hydrogen-bond acceptors (Lipinski definition) is 5. The molecule has 0 aliphatic heterocycles. The summed E-state index contributed by atoms with van der Waals surface area (Å²) in [6.07, 6.45) is -1.05. The Bertz CT molecular complexity index is 1080. The number of nitrogens with zero attached hydrogens (tertiary/aromatic N) is 2. The van der Waals surface area contributed by atoms with Crippen LogP contribution in [-0.4, -0.2) is 47.4 Å². The summed E-state index contributed by atoms with van der Waals surface area (Å²) in [4.78, 5) is 42.6. The van der Waals surface area contributed by atoms with Gasteiger partial charge in [-0.1, -0.05) is 42.0 Å². The van der Waals surface area contributed by atoms with Gasteiger partial charge in [0.05, 0.1) is 12.1 Å². The smallest absolute Gasteiger partial charge is 0.357 e. The number of anilines is 1. The van der Waals surface area contributed by atoms with E-state index < -0.39 is 18.0 Å². The molecule has 7 heteroatoms. The SMILES string of the molecule is Cc1ccc(NC(=O)CN(C)C(=O)[C@@H](C)OC(=O)c2ccc3ccccc3n2)cc1. The van der Waals surface area contributed by atoms with Gasteiger partial charge in [-0.25, -0.2) is 9.78 Å². The molecule has 3 aromatic rings. The van der Waals surface area contributed by atoms with Crippen LogP contribution >= 0.6 is 0 Å². The lowest BCUT2D eigenvalue weighted by molar-refractivity contribution is -0.140. The van der Waals surface area contributed by atoms with Crippen LogP contribution in [-0.2, 0) is 14.3 Å². The van der Waals surface area contributed by atoms with Crippen molar-refractivity contribution in [3.8, 4) is 0 Å². The molecule has 2 aromatic carbocycles. The van der Waals surface area contributed by atoms with Crippen LogP contribution < -0.4 is 5.32 Å². The van der Waals surface area contributed by atoms with Crippen molar-refractivity contribution >= 4 is 34.4 Å². The number of esters is 1. The van der Waals surface area contributed by atoms with Gasteiger partial charge in [0.25, 0.3) is 5.91 Å². The first-order valence-corrected chi connectivity index (χ1v) is 9.52. The molecule has 0 aliphatic rings. The van der Waals surface area contributed by atoms with Gasteiger partial charge in [-0.3, -0.25) is 9.59 Å². The number of carbonyl (C=O) groups is 3. The third-order valence-corrected chi connectivity index (χ3v) is 4.53. The second-order valence-corrected chi connectivity index (χ2v) is 7.05. The molecule has 7 nitrogen and oxygen atoms in total. The molecule has 30 heavy (non-hydrogen) atoms. The van der Waals surface area contributed by atoms with Gasteiger partial charge >= 0.3 is 5.97 Å². The second-order valence-electron chi connectivity index (χ2n) is 7.05.